The fraction of sp³-hybridized carbons (Fsp3) is 0.750. The number of carboxylic acid groups (broad SMARTS) is 1. The third-order valence-electron chi connectivity index (χ3n) is 4.80. The van der Waals surface area contributed by atoms with E-state index in [-0.39, 0.29) is 76.1 Å². The van der Waals surface area contributed by atoms with Gasteiger partial charge in [0.25, 0.3) is 0 Å². The summed E-state index contributed by atoms with van der Waals surface area (Å²) in [4.78, 5) is 46.1. The van der Waals surface area contributed by atoms with Gasteiger partial charge < -0.3 is 19.9 Å². The molecule has 0 aliphatic heterocycles. The molecule has 0 aromatic carbocycles. The zero-order valence-electron chi connectivity index (χ0n) is 20.2. The minimum absolute atomic E-state index is 0.0142. The largest absolute Gasteiger partial charge is 0.481 e. The van der Waals surface area contributed by atoms with Gasteiger partial charge in [0.05, 0.1) is 31.5 Å². The number of carbonyl (C=O) groups excluding carboxylic acids is 3. The summed E-state index contributed by atoms with van der Waals surface area (Å²) in [5.41, 5.74) is 0. The van der Waals surface area contributed by atoms with Crippen molar-refractivity contribution >= 4 is 33.6 Å². The lowest BCUT2D eigenvalue weighted by Gasteiger charge is -2.09. The highest BCUT2D eigenvalue weighted by molar-refractivity contribution is 7.90. The first-order valence-corrected chi connectivity index (χ1v) is 13.2. The Kier molecular flexibility index (Phi) is 15.1. The summed E-state index contributed by atoms with van der Waals surface area (Å²) in [6.07, 6.45) is 1.03. The normalized spacial score (nSPS) is 12.1. The maximum atomic E-state index is 12.0. The highest BCUT2D eigenvalue weighted by Gasteiger charge is 2.19. The number of tetrazole rings is 1. The fourth-order valence-corrected chi connectivity index (χ4v) is 3.97. The molecule has 1 aromatic heterocycles. The smallest absolute Gasteiger partial charge is 0.306 e. The van der Waals surface area contributed by atoms with Crippen molar-refractivity contribution in [2.75, 3.05) is 38.7 Å². The summed E-state index contributed by atoms with van der Waals surface area (Å²) in [5, 5.41) is 24.6. The Morgan fingerprint density at radius 3 is 2.44 bits per heavy atom. The minimum Gasteiger partial charge on any atom is -0.481 e. The number of aromatic nitrogens is 4. The predicted octanol–water partition coefficient (Wildman–Crippen LogP) is -1.03. The highest BCUT2D eigenvalue weighted by atomic mass is 32.2. The third-order valence-corrected chi connectivity index (χ3v) is 6.16. The summed E-state index contributed by atoms with van der Waals surface area (Å²) in [7, 11) is -3.84. The van der Waals surface area contributed by atoms with Crippen LogP contribution in [0.4, 0.5) is 0 Å². The van der Waals surface area contributed by atoms with Crippen molar-refractivity contribution in [3.8, 4) is 0 Å². The van der Waals surface area contributed by atoms with Gasteiger partial charge in [-0.05, 0) is 19.3 Å². The van der Waals surface area contributed by atoms with Gasteiger partial charge in [0.1, 0.15) is 6.61 Å². The lowest BCUT2D eigenvalue weighted by Crippen LogP contribution is -2.33. The number of ketones is 1. The van der Waals surface area contributed by atoms with Crippen LogP contribution in [0.2, 0.25) is 0 Å². The van der Waals surface area contributed by atoms with Crippen molar-refractivity contribution in [3.05, 3.63) is 5.82 Å². The summed E-state index contributed by atoms with van der Waals surface area (Å²) in [5.74, 6) is -2.94. The Morgan fingerprint density at radius 2 is 1.78 bits per heavy atom. The van der Waals surface area contributed by atoms with Crippen LogP contribution >= 0.6 is 0 Å². The van der Waals surface area contributed by atoms with Gasteiger partial charge in [0.2, 0.25) is 21.8 Å². The number of H-pyrrole nitrogens is 1. The van der Waals surface area contributed by atoms with Crippen LogP contribution in [0.5, 0.6) is 0 Å². The van der Waals surface area contributed by atoms with Gasteiger partial charge in [-0.15, -0.1) is 10.2 Å². The Balaban J connectivity index is 2.02. The molecule has 0 aliphatic carbocycles. The van der Waals surface area contributed by atoms with Crippen molar-refractivity contribution in [3.63, 3.8) is 0 Å². The molecule has 1 heterocycles. The molecule has 1 rings (SSSR count). The van der Waals surface area contributed by atoms with Crippen LogP contribution in [0.15, 0.2) is 0 Å². The first-order chi connectivity index (χ1) is 17.1. The van der Waals surface area contributed by atoms with E-state index < -0.39 is 27.8 Å². The van der Waals surface area contributed by atoms with Crippen LogP contribution in [-0.2, 0) is 45.1 Å². The molecule has 1 atom stereocenters. The molecule has 2 amide bonds. The van der Waals surface area contributed by atoms with Crippen LogP contribution in [0.3, 0.4) is 0 Å². The third kappa shape index (κ3) is 15.1. The van der Waals surface area contributed by atoms with Crippen LogP contribution in [0, 0.1) is 5.92 Å². The van der Waals surface area contributed by atoms with Gasteiger partial charge in [-0.1, -0.05) is 12.1 Å². The SMILES string of the molecule is CCC(CC(=O)COCCOCCNC(=O)CCCS(=O)(=O)NC(=O)CCCc1nn[nH]n1)C(=O)O. The second kappa shape index (κ2) is 17.4. The van der Waals surface area contributed by atoms with Gasteiger partial charge in [-0.2, -0.15) is 5.21 Å². The molecule has 36 heavy (non-hydrogen) atoms. The maximum absolute atomic E-state index is 12.0. The molecule has 0 saturated heterocycles. The van der Waals surface area contributed by atoms with E-state index in [9.17, 15) is 27.6 Å². The van der Waals surface area contributed by atoms with E-state index in [1.807, 2.05) is 4.72 Å². The van der Waals surface area contributed by atoms with E-state index >= 15 is 0 Å². The second-order valence-corrected chi connectivity index (χ2v) is 9.67. The number of ether oxygens (including phenoxy) is 2. The van der Waals surface area contributed by atoms with Gasteiger partial charge in [0, 0.05) is 32.2 Å². The molecule has 0 aliphatic rings. The van der Waals surface area contributed by atoms with Crippen molar-refractivity contribution < 1.29 is 42.2 Å². The molecule has 1 unspecified atom stereocenters. The fourth-order valence-electron chi connectivity index (χ4n) is 2.89. The Hall–Kier alpha value is -2.98. The van der Waals surface area contributed by atoms with Crippen LogP contribution in [0.25, 0.3) is 0 Å². The monoisotopic (exact) mass is 534 g/mol. The van der Waals surface area contributed by atoms with E-state index in [0.29, 0.717) is 25.1 Å². The highest BCUT2D eigenvalue weighted by Crippen LogP contribution is 2.08. The molecule has 204 valence electrons. The number of carboxylic acids is 1. The minimum atomic E-state index is -3.84. The van der Waals surface area contributed by atoms with Crippen molar-refractivity contribution in [1.82, 2.24) is 30.7 Å². The summed E-state index contributed by atoms with van der Waals surface area (Å²) in [6.45, 7) is 2.24. The maximum Gasteiger partial charge on any atom is 0.306 e. The average Bonchev–Trinajstić information content (AvgIpc) is 3.32. The number of aliphatic carboxylic acids is 1. The first-order valence-electron chi connectivity index (χ1n) is 11.5. The first kappa shape index (κ1) is 31.1. The number of aryl methyl sites for hydroxylation is 1. The number of hydrogen-bond donors (Lipinski definition) is 4. The lowest BCUT2D eigenvalue weighted by atomic mass is 10.0. The Morgan fingerprint density at radius 1 is 1.06 bits per heavy atom. The number of hydrogen-bond acceptors (Lipinski definition) is 11. The number of rotatable bonds is 21. The van der Waals surface area contributed by atoms with Crippen LogP contribution in [-0.4, -0.2) is 96.4 Å². The summed E-state index contributed by atoms with van der Waals surface area (Å²) < 4.78 is 36.3. The molecule has 0 radical (unpaired) electrons. The number of Topliss-reactive ketones (excluding diaryl/α,β-unsaturated/α-hetero) is 1. The lowest BCUT2D eigenvalue weighted by molar-refractivity contribution is -0.144. The predicted molar refractivity (Wildman–Crippen MR) is 124 cm³/mol. The standard InChI is InChI=1S/C20H34N6O9S/c1-2-15(20(30)31)13-16(27)14-35-11-10-34-9-8-21-18(28)7-4-12-36(32,33)24-19(29)6-3-5-17-22-25-26-23-17/h15H,2-14H2,1H3,(H,21,28)(H,24,29)(H,30,31)(H,22,23,25,26). The number of carbonyl (C=O) groups is 4. The Labute approximate surface area is 209 Å². The zero-order valence-corrected chi connectivity index (χ0v) is 21.0. The molecule has 0 saturated carbocycles. The topological polar surface area (TPSA) is 220 Å². The average molecular weight is 535 g/mol. The van der Waals surface area contributed by atoms with E-state index in [1.165, 1.54) is 0 Å². The number of aromatic amines is 1. The quantitative estimate of drug-likeness (QED) is 0.139. The van der Waals surface area contributed by atoms with Crippen molar-refractivity contribution in [2.24, 2.45) is 5.92 Å². The molecule has 16 heteroatoms. The molecule has 1 aromatic rings. The second-order valence-electron chi connectivity index (χ2n) is 7.83. The van der Waals surface area contributed by atoms with Crippen LogP contribution < -0.4 is 10.0 Å². The molecule has 0 spiro atoms. The Bertz CT molecular complexity index is 924. The molecular weight excluding hydrogens is 500 g/mol. The van der Waals surface area contributed by atoms with Gasteiger partial charge in [-0.3, -0.25) is 23.9 Å². The number of sulfonamides is 1. The van der Waals surface area contributed by atoms with E-state index in [4.69, 9.17) is 14.6 Å². The van der Waals surface area contributed by atoms with E-state index in [2.05, 4.69) is 25.9 Å². The van der Waals surface area contributed by atoms with E-state index in [0.717, 1.165) is 0 Å². The number of nitrogens with one attached hydrogen (secondary N) is 3. The zero-order chi connectivity index (χ0) is 26.8. The summed E-state index contributed by atoms with van der Waals surface area (Å²) in [6, 6.07) is 0. The van der Waals surface area contributed by atoms with Gasteiger partial charge >= 0.3 is 5.97 Å². The van der Waals surface area contributed by atoms with Gasteiger partial charge in [0.15, 0.2) is 11.6 Å². The van der Waals surface area contributed by atoms with E-state index in [1.54, 1.807) is 6.92 Å². The van der Waals surface area contributed by atoms with Crippen LogP contribution in [0.1, 0.15) is 51.3 Å². The summed E-state index contributed by atoms with van der Waals surface area (Å²) >= 11 is 0. The molecule has 4 N–H and O–H groups in total. The number of nitrogens with zero attached hydrogens (tertiary/aromatic N) is 3. The number of amides is 2. The molecule has 0 bridgehead atoms. The van der Waals surface area contributed by atoms with Crippen molar-refractivity contribution in [1.29, 1.82) is 0 Å². The molecule has 15 nitrogen and oxygen atoms in total. The van der Waals surface area contributed by atoms with Crippen molar-refractivity contribution in [2.45, 2.75) is 51.9 Å². The molecule has 0 fully saturated rings. The van der Waals surface area contributed by atoms with Gasteiger partial charge in [-0.25, -0.2) is 8.42 Å². The molecular formula is C20H34N6O9S.